The molecular formula is C102H113BBr2ClF4N19O9. The number of fused-ring (bicyclic) bond motifs is 4. The maximum Gasteiger partial charge on any atom is 0.494 e. The molecule has 2 N–H and O–H groups in total. The summed E-state index contributed by atoms with van der Waals surface area (Å²) in [6, 6.07) is 65.0. The number of imidazole rings is 4. The van der Waals surface area contributed by atoms with Crippen LogP contribution in [0.15, 0.2) is 252 Å². The Hall–Kier alpha value is -12.8. The molecule has 0 aliphatic carbocycles. The molecule has 36 heteroatoms. The van der Waals surface area contributed by atoms with Gasteiger partial charge in [0.25, 0.3) is 0 Å². The van der Waals surface area contributed by atoms with E-state index in [0.717, 1.165) is 156 Å². The van der Waals surface area contributed by atoms with Crippen molar-refractivity contribution in [2.45, 2.75) is 155 Å². The number of benzene rings is 7. The molecule has 15 aromatic rings. The van der Waals surface area contributed by atoms with E-state index in [1.807, 2.05) is 261 Å². The van der Waals surface area contributed by atoms with Gasteiger partial charge in [0.15, 0.2) is 22.6 Å². The third kappa shape index (κ3) is 27.6. The minimum Gasteiger partial charge on any atom is -0.489 e. The highest BCUT2D eigenvalue weighted by atomic mass is 79.9. The molecule has 28 nitrogen and oxygen atoms in total. The first kappa shape index (κ1) is 101. The number of carbonyl (C=O) groups excluding carboxylic acids is 2. The van der Waals surface area contributed by atoms with Gasteiger partial charge in [-0.1, -0.05) is 72.3 Å². The van der Waals surface area contributed by atoms with E-state index >= 15 is 0 Å². The monoisotopic (exact) mass is 2030 g/mol. The Morgan fingerprint density at radius 2 is 0.826 bits per heavy atom. The van der Waals surface area contributed by atoms with Gasteiger partial charge in [0.1, 0.15) is 102 Å². The molecular weight excluding hydrogens is 1920 g/mol. The van der Waals surface area contributed by atoms with Crippen molar-refractivity contribution in [1.29, 1.82) is 0 Å². The zero-order valence-electron chi connectivity index (χ0n) is 79.5. The number of hydrogen-bond donors (Lipinski definition) is 2. The number of anilines is 3. The minimum absolute atomic E-state index is 0.0322. The summed E-state index contributed by atoms with van der Waals surface area (Å²) in [6.45, 7) is 26.0. The van der Waals surface area contributed by atoms with Crippen LogP contribution in [0.4, 0.5) is 44.6 Å². The van der Waals surface area contributed by atoms with Crippen molar-refractivity contribution in [3.05, 3.63) is 303 Å². The number of ether oxygens (including phenoxy) is 5. The second kappa shape index (κ2) is 45.2. The van der Waals surface area contributed by atoms with E-state index in [0.29, 0.717) is 51.0 Å². The summed E-state index contributed by atoms with van der Waals surface area (Å²) in [5.41, 5.74) is 9.66. The Kier molecular flexibility index (Phi) is 33.2. The van der Waals surface area contributed by atoms with Crippen molar-refractivity contribution < 1.29 is 60.1 Å². The highest BCUT2D eigenvalue weighted by Gasteiger charge is 2.52. The van der Waals surface area contributed by atoms with Crippen LogP contribution in [0, 0.1) is 23.3 Å². The van der Waals surface area contributed by atoms with Crippen LogP contribution in [0.1, 0.15) is 111 Å². The first-order chi connectivity index (χ1) is 65.9. The molecule has 7 aromatic carbocycles. The predicted molar refractivity (Wildman–Crippen MR) is 536 cm³/mol. The molecule has 0 spiro atoms. The van der Waals surface area contributed by atoms with Crippen LogP contribution in [0.5, 0.6) is 17.2 Å². The molecule has 4 saturated heterocycles. The Bertz CT molecular complexity index is 6610. The maximum absolute atomic E-state index is 13.6. The Labute approximate surface area is 822 Å². The topological polar surface area (TPSA) is 260 Å². The quantitative estimate of drug-likeness (QED) is 0.0531. The lowest BCUT2D eigenvalue weighted by Crippen LogP contribution is -2.41. The zero-order valence-corrected chi connectivity index (χ0v) is 83.4. The van der Waals surface area contributed by atoms with Crippen LogP contribution in [0.3, 0.4) is 0 Å². The van der Waals surface area contributed by atoms with Crippen molar-refractivity contribution in [3.63, 3.8) is 0 Å². The van der Waals surface area contributed by atoms with Crippen molar-refractivity contribution >= 4 is 108 Å². The van der Waals surface area contributed by atoms with Gasteiger partial charge in [0.05, 0.1) is 60.5 Å². The van der Waals surface area contributed by atoms with E-state index < -0.39 is 11.2 Å². The summed E-state index contributed by atoms with van der Waals surface area (Å²) in [6.07, 6.45) is 9.12. The molecule has 19 rings (SSSR count). The summed E-state index contributed by atoms with van der Waals surface area (Å²) in [5.74, 6) is 3.82. The number of nitrogens with zero attached hydrogens (tertiary/aromatic N) is 17. The minimum atomic E-state index is -0.518. The zero-order chi connectivity index (χ0) is 98.2. The summed E-state index contributed by atoms with van der Waals surface area (Å²) >= 11 is 12.3. The van der Waals surface area contributed by atoms with Crippen molar-refractivity contribution in [2.24, 2.45) is 0 Å². The first-order valence-electron chi connectivity index (χ1n) is 45.3. The van der Waals surface area contributed by atoms with Crippen molar-refractivity contribution in [1.82, 2.24) is 78.8 Å². The van der Waals surface area contributed by atoms with E-state index in [-0.39, 0.29) is 72.1 Å². The maximum atomic E-state index is 13.6. The fourth-order valence-corrected chi connectivity index (χ4v) is 16.1. The smallest absolute Gasteiger partial charge is 0.489 e. The van der Waals surface area contributed by atoms with E-state index in [9.17, 15) is 27.2 Å². The molecule has 4 aliphatic rings. The van der Waals surface area contributed by atoms with Gasteiger partial charge in [-0.2, -0.15) is 5.10 Å². The van der Waals surface area contributed by atoms with Gasteiger partial charge in [0.2, 0.25) is 0 Å². The van der Waals surface area contributed by atoms with Gasteiger partial charge in [-0.15, -0.1) is 15.3 Å². The lowest BCUT2D eigenvalue weighted by atomic mass is 9.79. The van der Waals surface area contributed by atoms with E-state index in [2.05, 4.69) is 72.6 Å². The molecule has 0 bridgehead atoms. The van der Waals surface area contributed by atoms with Gasteiger partial charge in [-0.05, 0) is 307 Å². The van der Waals surface area contributed by atoms with Crippen LogP contribution in [0.25, 0.3) is 45.1 Å². The van der Waals surface area contributed by atoms with Gasteiger partial charge in [0, 0.05) is 90.9 Å². The third-order valence-corrected chi connectivity index (χ3v) is 24.2. The van der Waals surface area contributed by atoms with Gasteiger partial charge >= 0.3 is 19.3 Å². The second-order valence-electron chi connectivity index (χ2n) is 36.7. The molecule has 722 valence electrons. The Morgan fingerprint density at radius 3 is 1.21 bits per heavy atom. The van der Waals surface area contributed by atoms with Gasteiger partial charge in [-0.25, -0.2) is 65.1 Å². The van der Waals surface area contributed by atoms with Crippen LogP contribution in [-0.4, -0.2) is 196 Å². The normalized spacial score (nSPS) is 15.9. The molecule has 3 atom stereocenters. The molecule has 2 amide bonds. The van der Waals surface area contributed by atoms with Gasteiger partial charge < -0.3 is 68.1 Å². The number of halogens is 7. The van der Waals surface area contributed by atoms with E-state index in [4.69, 9.17) is 54.8 Å². The van der Waals surface area contributed by atoms with Crippen molar-refractivity contribution in [2.75, 3.05) is 82.2 Å². The first-order valence-corrected chi connectivity index (χ1v) is 47.3. The molecule has 8 aromatic heterocycles. The molecule has 0 radical (unpaired) electrons. The highest BCUT2D eigenvalue weighted by molar-refractivity contribution is 9.10. The highest BCUT2D eigenvalue weighted by Crippen LogP contribution is 2.38. The molecule has 4 fully saturated rings. The average Bonchev–Trinajstić information content (AvgIpc) is 1.62. The largest absolute Gasteiger partial charge is 0.494 e. The number of aromatic nitrogens is 12. The van der Waals surface area contributed by atoms with Crippen LogP contribution < -0.4 is 45.0 Å². The lowest BCUT2D eigenvalue weighted by Gasteiger charge is -2.32. The molecule has 0 unspecified atom stereocenters. The fraction of sp³-hybridized carbons (Fsp3) is 0.333. The number of nitrogens with one attached hydrogen (secondary N) is 2. The van der Waals surface area contributed by atoms with Crippen LogP contribution >= 0.6 is 43.5 Å². The third-order valence-electron chi connectivity index (χ3n) is 22.9. The molecule has 12 heterocycles. The number of amides is 2. The average molecular weight is 2030 g/mol. The number of hydrogen-bond acceptors (Lipinski definition) is 22. The standard InChI is InChI=1S/C29H32FN5O3.C24H24FN5O.C21H32BNO5.C14H12BrFN4.C8H10FN.C6H3BrClN3/c1-29(2,3)38-28(36)34-15-14-24(19-34)37-23-10-8-21(9-11-23)25-17-31-26-12-13-27(32-35(25)26)33(4)18-20-6-5-7-22(30)16-20;1-29(16-17-3-2-4-19(25)13-17)24-10-9-23-27-15-22(30(23)28-24)18-5-7-20(8-6-18)31-21-11-12-26-14-21;1-19(2,3)26-18(24)23-13-12-17(14-23)25-16-10-8-15(9-11-16)22-27-20(4,5)21(6,7)28-22;1-19(9-10-3-2-4-11(16)7-10)14-6-5-13-17-8-12(15)20(13)18-14;1-10-6-7-3-2-4-8(9)5-7;7-4-3-9-6-2-1-5(8)10-11(4)6/h5-13,16-17,24H,14-15,18-19H2,1-4H3;2-10,13,15,21,26H,11-12,14,16H2,1H3;8-11,17H,12-14H2,1-7H3;2-8H,9H2,1H3;2-5,10H,6H2,1H3;1-3H/t24-;21-;17-;;;/m111.../s1. The Balaban J connectivity index is 0.000000139. The SMILES string of the molecule is CC(C)(C)OC(=O)N1CC[C@@H](Oc2ccc(B3OC(C)(C)C(C)(C)O3)cc2)C1.CN(Cc1cccc(F)c1)c1ccc2ncc(-c3ccc(O[C@@H]4CCN(C(=O)OC(C)(C)C)C4)cc3)n2n1.CN(Cc1cccc(F)c1)c1ccc2ncc(-c3ccc(O[C@@H]4CCNC4)cc3)n2n1.CN(Cc1cccc(F)c1)c1ccc2ncc(Br)n2n1.CNCc1cccc(F)c1.Clc1ccc2ncc(Br)n2n1. The summed E-state index contributed by atoms with van der Waals surface area (Å²) in [7, 11) is 7.25. The van der Waals surface area contributed by atoms with E-state index in [1.54, 1.807) is 79.9 Å². The molecule has 138 heavy (non-hydrogen) atoms. The number of carbonyl (C=O) groups is 2. The van der Waals surface area contributed by atoms with Gasteiger partial charge in [-0.3, -0.25) is 0 Å². The molecule has 4 aliphatic heterocycles. The van der Waals surface area contributed by atoms with Crippen LogP contribution in [-0.2, 0) is 45.0 Å². The Morgan fingerprint density at radius 1 is 0.471 bits per heavy atom. The van der Waals surface area contributed by atoms with E-state index in [1.165, 1.54) is 42.5 Å². The number of likely N-dealkylation sites (tertiary alicyclic amines) is 2. The summed E-state index contributed by atoms with van der Waals surface area (Å²) in [4.78, 5) is 51.1. The fourth-order valence-electron chi connectivity index (χ4n) is 15.2. The lowest BCUT2D eigenvalue weighted by molar-refractivity contribution is 0.00578. The summed E-state index contributed by atoms with van der Waals surface area (Å²) in [5, 5.41) is 24.8. The number of rotatable bonds is 20. The predicted octanol–water partition coefficient (Wildman–Crippen LogP) is 19.8. The summed E-state index contributed by atoms with van der Waals surface area (Å²) < 4.78 is 103. The second-order valence-corrected chi connectivity index (χ2v) is 38.7. The van der Waals surface area contributed by atoms with Crippen molar-refractivity contribution in [3.8, 4) is 39.8 Å². The van der Waals surface area contributed by atoms with Crippen LogP contribution in [0.2, 0.25) is 5.15 Å². The molecule has 0 saturated carbocycles.